The summed E-state index contributed by atoms with van der Waals surface area (Å²) in [6, 6.07) is 19.3. The number of rotatable bonds is 7. The standard InChI is InChI=1S/C39H40N2O6S2/c1-24-19-26(3)38(27(4)20-24)40(7)32-13-9-30(10-14-32)37(35-18-17-34(48(42,43)44)23-36(35)49(45,46)47)31-11-15-33(16-12-31)41(8)39-28(5)21-25(2)22-29(39)6/h9-23H,1-8H3,(H-,42,43,44,45,46,47)/p+1. The maximum atomic E-state index is 12.7. The van der Waals surface area contributed by atoms with Gasteiger partial charge >= 0.3 is 0 Å². The van der Waals surface area contributed by atoms with E-state index in [1.165, 1.54) is 17.2 Å². The van der Waals surface area contributed by atoms with E-state index in [9.17, 15) is 25.9 Å². The van der Waals surface area contributed by atoms with Gasteiger partial charge in [0.15, 0.2) is 0 Å². The summed E-state index contributed by atoms with van der Waals surface area (Å²) in [5, 5.41) is 0. The van der Waals surface area contributed by atoms with Gasteiger partial charge in [0.2, 0.25) is 11.4 Å². The minimum Gasteiger partial charge on any atom is -0.344 e. The topological polar surface area (TPSA) is 115 Å². The first-order valence-electron chi connectivity index (χ1n) is 15.7. The Morgan fingerprint density at radius 3 is 1.65 bits per heavy atom. The van der Waals surface area contributed by atoms with Gasteiger partial charge in [-0.3, -0.25) is 9.11 Å². The first-order chi connectivity index (χ1) is 22.9. The van der Waals surface area contributed by atoms with E-state index in [0.717, 1.165) is 57.2 Å². The van der Waals surface area contributed by atoms with Crippen LogP contribution in [0.2, 0.25) is 0 Å². The molecule has 0 unspecified atom stereocenters. The molecule has 2 N–H and O–H groups in total. The molecule has 0 bridgehead atoms. The van der Waals surface area contributed by atoms with Gasteiger partial charge < -0.3 is 4.90 Å². The summed E-state index contributed by atoms with van der Waals surface area (Å²) in [7, 11) is -5.71. The summed E-state index contributed by atoms with van der Waals surface area (Å²) < 4.78 is 71.5. The molecule has 1 aliphatic carbocycles. The monoisotopic (exact) mass is 697 g/mol. The normalized spacial score (nSPS) is 13.2. The minimum absolute atomic E-state index is 0.0764. The molecule has 0 aromatic heterocycles. The Hall–Kier alpha value is -4.61. The van der Waals surface area contributed by atoms with Crippen LogP contribution in [0.25, 0.3) is 5.57 Å². The van der Waals surface area contributed by atoms with Crippen molar-refractivity contribution in [1.29, 1.82) is 0 Å². The molecule has 0 aliphatic heterocycles. The van der Waals surface area contributed by atoms with E-state index in [-0.39, 0.29) is 5.56 Å². The molecule has 8 nitrogen and oxygen atoms in total. The zero-order chi connectivity index (χ0) is 36.0. The van der Waals surface area contributed by atoms with Gasteiger partial charge in [0.1, 0.15) is 11.9 Å². The fraction of sp³-hybridized carbons (Fsp3) is 0.205. The van der Waals surface area contributed by atoms with Crippen LogP contribution in [0.1, 0.15) is 44.5 Å². The molecule has 0 saturated heterocycles. The van der Waals surface area contributed by atoms with Crippen molar-refractivity contribution in [2.75, 3.05) is 19.0 Å². The van der Waals surface area contributed by atoms with Gasteiger partial charge in [-0.1, -0.05) is 41.5 Å². The van der Waals surface area contributed by atoms with Crippen molar-refractivity contribution in [3.05, 3.63) is 141 Å². The van der Waals surface area contributed by atoms with Crippen LogP contribution in [0.4, 0.5) is 17.1 Å². The molecule has 1 aliphatic rings. The number of aryl methyl sites for hydroxylation is 6. The molecule has 0 radical (unpaired) electrons. The van der Waals surface area contributed by atoms with E-state index in [1.54, 1.807) is 0 Å². The SMILES string of the molecule is Cc1cc(C)c(N(C)c2ccc(C(=C3C=CC(=[N+](C)c4c(C)cc(C)cc4C)C=C3)c3ccc(S(=O)(=O)O)cc3S(=O)(=O)O)cc2)c(C)c1. The molecule has 254 valence electrons. The molecular weight excluding hydrogens is 657 g/mol. The van der Waals surface area contributed by atoms with Crippen LogP contribution in [0.15, 0.2) is 106 Å². The predicted molar refractivity (Wildman–Crippen MR) is 197 cm³/mol. The lowest BCUT2D eigenvalue weighted by Crippen LogP contribution is -2.13. The van der Waals surface area contributed by atoms with Crippen molar-refractivity contribution < 1.29 is 30.5 Å². The van der Waals surface area contributed by atoms with Crippen molar-refractivity contribution in [2.24, 2.45) is 0 Å². The molecule has 4 aromatic rings. The van der Waals surface area contributed by atoms with E-state index in [2.05, 4.69) is 75.3 Å². The van der Waals surface area contributed by atoms with E-state index in [0.29, 0.717) is 16.7 Å². The quantitative estimate of drug-likeness (QED) is 0.148. The predicted octanol–water partition coefficient (Wildman–Crippen LogP) is 8.14. The summed E-state index contributed by atoms with van der Waals surface area (Å²) in [4.78, 5) is 0.805. The number of benzene rings is 4. The Morgan fingerprint density at radius 1 is 0.653 bits per heavy atom. The number of hydrogen-bond acceptors (Lipinski definition) is 5. The average molecular weight is 698 g/mol. The molecular formula is C39H41N2O6S2+. The van der Waals surface area contributed by atoms with Gasteiger partial charge in [0, 0.05) is 47.3 Å². The fourth-order valence-corrected chi connectivity index (χ4v) is 8.23. The summed E-state index contributed by atoms with van der Waals surface area (Å²) in [6.45, 7) is 12.4. The van der Waals surface area contributed by atoms with Gasteiger partial charge in [0.25, 0.3) is 20.2 Å². The van der Waals surface area contributed by atoms with Crippen LogP contribution in [0.5, 0.6) is 0 Å². The smallest absolute Gasteiger partial charge is 0.295 e. The van der Waals surface area contributed by atoms with E-state index >= 15 is 0 Å². The average Bonchev–Trinajstić information content (AvgIpc) is 3.00. The van der Waals surface area contributed by atoms with Crippen molar-refractivity contribution in [2.45, 2.75) is 51.3 Å². The highest BCUT2D eigenvalue weighted by atomic mass is 32.2. The summed E-state index contributed by atoms with van der Waals surface area (Å²) in [5.41, 5.74) is 12.6. The van der Waals surface area contributed by atoms with Crippen LogP contribution in [0.3, 0.4) is 0 Å². The van der Waals surface area contributed by atoms with Crippen LogP contribution in [0, 0.1) is 41.5 Å². The van der Waals surface area contributed by atoms with E-state index in [1.807, 2.05) is 62.7 Å². The highest BCUT2D eigenvalue weighted by Gasteiger charge is 2.26. The lowest BCUT2D eigenvalue weighted by Gasteiger charge is -2.25. The Labute approximate surface area is 289 Å². The minimum atomic E-state index is -4.93. The molecule has 0 fully saturated rings. The number of allylic oxidation sites excluding steroid dienone is 5. The molecule has 0 saturated carbocycles. The second-order valence-electron chi connectivity index (χ2n) is 12.7. The second kappa shape index (κ2) is 13.4. The Kier molecular flexibility index (Phi) is 9.73. The van der Waals surface area contributed by atoms with Crippen LogP contribution in [-0.2, 0) is 20.2 Å². The first-order valence-corrected chi connectivity index (χ1v) is 18.5. The van der Waals surface area contributed by atoms with Crippen LogP contribution in [-0.4, -0.2) is 50.3 Å². The zero-order valence-corrected chi connectivity index (χ0v) is 30.5. The molecule has 0 heterocycles. The van der Waals surface area contributed by atoms with Gasteiger partial charge in [-0.05, 0) is 118 Å². The van der Waals surface area contributed by atoms with Gasteiger partial charge in [0.05, 0.1) is 4.90 Å². The number of nitrogens with zero attached hydrogens (tertiary/aromatic N) is 2. The molecule has 49 heavy (non-hydrogen) atoms. The molecule has 0 amide bonds. The van der Waals surface area contributed by atoms with Crippen molar-refractivity contribution >= 4 is 48.6 Å². The maximum Gasteiger partial charge on any atom is 0.295 e. The van der Waals surface area contributed by atoms with Crippen molar-refractivity contribution in [3.8, 4) is 0 Å². The lowest BCUT2D eigenvalue weighted by molar-refractivity contribution is -0.404. The molecule has 4 aromatic carbocycles. The van der Waals surface area contributed by atoms with Gasteiger partial charge in [-0.2, -0.15) is 21.4 Å². The highest BCUT2D eigenvalue weighted by molar-refractivity contribution is 7.86. The lowest BCUT2D eigenvalue weighted by atomic mass is 9.90. The van der Waals surface area contributed by atoms with Crippen LogP contribution < -0.4 is 4.90 Å². The van der Waals surface area contributed by atoms with E-state index < -0.39 is 30.0 Å². The largest absolute Gasteiger partial charge is 0.344 e. The summed E-state index contributed by atoms with van der Waals surface area (Å²) >= 11 is 0. The van der Waals surface area contributed by atoms with Gasteiger partial charge in [-0.15, -0.1) is 0 Å². The molecule has 5 rings (SSSR count). The molecule has 10 heteroatoms. The second-order valence-corrected chi connectivity index (χ2v) is 15.5. The summed E-state index contributed by atoms with van der Waals surface area (Å²) in [6.07, 6.45) is 7.59. The van der Waals surface area contributed by atoms with Crippen molar-refractivity contribution in [1.82, 2.24) is 0 Å². The van der Waals surface area contributed by atoms with Crippen LogP contribution >= 0.6 is 0 Å². The molecule has 0 atom stereocenters. The first kappa shape index (κ1) is 35.7. The fourth-order valence-electron chi connectivity index (χ4n) is 6.93. The summed E-state index contributed by atoms with van der Waals surface area (Å²) in [5.74, 6) is 0. The van der Waals surface area contributed by atoms with E-state index in [4.69, 9.17) is 0 Å². The maximum absolute atomic E-state index is 12.7. The third-order valence-corrected chi connectivity index (χ3v) is 10.6. The van der Waals surface area contributed by atoms with Crippen molar-refractivity contribution in [3.63, 3.8) is 0 Å². The third-order valence-electron chi connectivity index (χ3n) is 8.83. The zero-order valence-electron chi connectivity index (χ0n) is 28.9. The Bertz CT molecular complexity index is 2280. The highest BCUT2D eigenvalue weighted by Crippen LogP contribution is 2.37. The third kappa shape index (κ3) is 7.38. The Morgan fingerprint density at radius 2 is 1.16 bits per heavy atom. The van der Waals surface area contributed by atoms with Gasteiger partial charge in [-0.25, -0.2) is 0 Å². The molecule has 0 spiro atoms. The number of hydrogen-bond donors (Lipinski definition) is 2. The number of anilines is 2. The Balaban J connectivity index is 1.70.